The van der Waals surface area contributed by atoms with Gasteiger partial charge in [0.2, 0.25) is 0 Å². The number of aryl methyl sites for hydroxylation is 2. The first kappa shape index (κ1) is 9.88. The highest BCUT2D eigenvalue weighted by Gasteiger charge is 2.18. The van der Waals surface area contributed by atoms with Gasteiger partial charge >= 0.3 is 0 Å². The van der Waals surface area contributed by atoms with E-state index in [1.807, 2.05) is 0 Å². The van der Waals surface area contributed by atoms with Gasteiger partial charge in [0.1, 0.15) is 5.82 Å². The molecule has 1 aliphatic rings. The van der Waals surface area contributed by atoms with Crippen molar-refractivity contribution in [1.29, 1.82) is 0 Å². The zero-order valence-corrected chi connectivity index (χ0v) is 9.76. The summed E-state index contributed by atoms with van der Waals surface area (Å²) in [7, 11) is 0. The summed E-state index contributed by atoms with van der Waals surface area (Å²) < 4.78 is 15.8. The lowest BCUT2D eigenvalue weighted by Gasteiger charge is -2.15. The highest BCUT2D eigenvalue weighted by atomic mass is 19.1. The van der Waals surface area contributed by atoms with Crippen molar-refractivity contribution in [1.82, 2.24) is 4.57 Å². The number of halogens is 1. The molecule has 0 fully saturated rings. The van der Waals surface area contributed by atoms with Gasteiger partial charge in [-0.1, -0.05) is 13.8 Å². The van der Waals surface area contributed by atoms with E-state index in [1.165, 1.54) is 16.6 Å². The molecule has 3 rings (SSSR count). The maximum absolute atomic E-state index is 13.6. The van der Waals surface area contributed by atoms with Crippen LogP contribution in [0.25, 0.3) is 10.9 Å². The number of benzene rings is 1. The van der Waals surface area contributed by atoms with Gasteiger partial charge in [-0.15, -0.1) is 0 Å². The molecule has 0 saturated carbocycles. The van der Waals surface area contributed by atoms with Crippen molar-refractivity contribution in [3.63, 3.8) is 0 Å². The van der Waals surface area contributed by atoms with Gasteiger partial charge in [0.05, 0.1) is 5.52 Å². The lowest BCUT2D eigenvalue weighted by Crippen LogP contribution is -2.06. The first-order valence-corrected chi connectivity index (χ1v) is 5.98. The van der Waals surface area contributed by atoms with Crippen molar-refractivity contribution in [2.75, 3.05) is 0 Å². The quantitative estimate of drug-likeness (QED) is 0.683. The molecule has 1 aromatic heterocycles. The van der Waals surface area contributed by atoms with Gasteiger partial charge in [-0.25, -0.2) is 4.39 Å². The standard InChI is InChI=1S/C14H16FN/c1-9(2)13-8-16-5-3-4-10-6-11(15)7-12(13)14(10)16/h6-9H,3-5H2,1-2H3. The Labute approximate surface area is 94.9 Å². The van der Waals surface area contributed by atoms with E-state index in [4.69, 9.17) is 0 Å². The molecule has 0 atom stereocenters. The minimum absolute atomic E-state index is 0.0935. The Balaban J connectivity index is 2.40. The minimum atomic E-state index is -0.0935. The summed E-state index contributed by atoms with van der Waals surface area (Å²) in [5.41, 5.74) is 3.71. The fourth-order valence-corrected chi connectivity index (χ4v) is 2.78. The Kier molecular flexibility index (Phi) is 2.06. The second kappa shape index (κ2) is 3.34. The minimum Gasteiger partial charge on any atom is -0.347 e. The van der Waals surface area contributed by atoms with Crippen molar-refractivity contribution in [3.8, 4) is 0 Å². The third-order valence-corrected chi connectivity index (χ3v) is 3.51. The Morgan fingerprint density at radius 3 is 2.88 bits per heavy atom. The molecular formula is C14H16FN. The lowest BCUT2D eigenvalue weighted by molar-refractivity contribution is 0.610. The van der Waals surface area contributed by atoms with E-state index in [1.54, 1.807) is 12.1 Å². The summed E-state index contributed by atoms with van der Waals surface area (Å²) in [4.78, 5) is 0. The van der Waals surface area contributed by atoms with Crippen LogP contribution < -0.4 is 0 Å². The molecule has 0 unspecified atom stereocenters. The van der Waals surface area contributed by atoms with E-state index in [-0.39, 0.29) is 5.82 Å². The molecule has 1 aliphatic heterocycles. The number of rotatable bonds is 1. The molecular weight excluding hydrogens is 201 g/mol. The molecule has 16 heavy (non-hydrogen) atoms. The largest absolute Gasteiger partial charge is 0.347 e. The molecule has 0 aliphatic carbocycles. The third-order valence-electron chi connectivity index (χ3n) is 3.51. The lowest BCUT2D eigenvalue weighted by atomic mass is 9.98. The second-order valence-corrected chi connectivity index (χ2v) is 5.00. The number of hydrogen-bond acceptors (Lipinski definition) is 0. The maximum Gasteiger partial charge on any atom is 0.124 e. The van der Waals surface area contributed by atoms with Crippen LogP contribution in [0, 0.1) is 5.82 Å². The summed E-state index contributed by atoms with van der Waals surface area (Å²) in [5, 5.41) is 1.12. The van der Waals surface area contributed by atoms with Crippen LogP contribution in [-0.2, 0) is 13.0 Å². The van der Waals surface area contributed by atoms with Gasteiger partial charge < -0.3 is 4.57 Å². The van der Waals surface area contributed by atoms with Crippen LogP contribution in [-0.4, -0.2) is 4.57 Å². The van der Waals surface area contributed by atoms with E-state index in [0.29, 0.717) is 5.92 Å². The summed E-state index contributed by atoms with van der Waals surface area (Å²) in [6.07, 6.45) is 4.34. The summed E-state index contributed by atoms with van der Waals surface area (Å²) in [6.45, 7) is 5.41. The molecule has 0 saturated heterocycles. The fraction of sp³-hybridized carbons (Fsp3) is 0.429. The zero-order valence-electron chi connectivity index (χ0n) is 9.76. The van der Waals surface area contributed by atoms with Crippen molar-refractivity contribution in [2.24, 2.45) is 0 Å². The molecule has 0 radical (unpaired) electrons. The summed E-state index contributed by atoms with van der Waals surface area (Å²) in [6, 6.07) is 3.39. The number of nitrogens with zero attached hydrogens (tertiary/aromatic N) is 1. The molecule has 0 N–H and O–H groups in total. The van der Waals surface area contributed by atoms with E-state index < -0.39 is 0 Å². The summed E-state index contributed by atoms with van der Waals surface area (Å²) in [5.74, 6) is 0.362. The van der Waals surface area contributed by atoms with Crippen molar-refractivity contribution in [2.45, 2.75) is 39.2 Å². The van der Waals surface area contributed by atoms with Gasteiger partial charge in [-0.3, -0.25) is 0 Å². The maximum atomic E-state index is 13.6. The highest BCUT2D eigenvalue weighted by molar-refractivity contribution is 5.87. The van der Waals surface area contributed by atoms with Crippen molar-refractivity contribution >= 4 is 10.9 Å². The molecule has 2 heteroatoms. The third kappa shape index (κ3) is 1.29. The molecule has 0 bridgehead atoms. The molecule has 1 aromatic carbocycles. The fourth-order valence-electron chi connectivity index (χ4n) is 2.78. The van der Waals surface area contributed by atoms with Crippen LogP contribution in [0.3, 0.4) is 0 Å². The Hall–Kier alpha value is -1.31. The normalized spacial score (nSPS) is 15.0. The van der Waals surface area contributed by atoms with Crippen LogP contribution in [0.5, 0.6) is 0 Å². The molecule has 2 aromatic rings. The van der Waals surface area contributed by atoms with Gasteiger partial charge in [-0.05, 0) is 42.0 Å². The van der Waals surface area contributed by atoms with Gasteiger partial charge in [0, 0.05) is 18.1 Å². The van der Waals surface area contributed by atoms with Crippen LogP contribution in [0.2, 0.25) is 0 Å². The van der Waals surface area contributed by atoms with Gasteiger partial charge in [-0.2, -0.15) is 0 Å². The SMILES string of the molecule is CC(C)c1cn2c3c(cc(F)cc13)CCC2. The topological polar surface area (TPSA) is 4.93 Å². The molecule has 0 spiro atoms. The molecule has 2 heterocycles. The number of aromatic nitrogens is 1. The predicted octanol–water partition coefficient (Wildman–Crippen LogP) is 3.85. The van der Waals surface area contributed by atoms with Crippen LogP contribution in [0.15, 0.2) is 18.3 Å². The van der Waals surface area contributed by atoms with Crippen LogP contribution >= 0.6 is 0 Å². The molecule has 84 valence electrons. The zero-order chi connectivity index (χ0) is 11.3. The van der Waals surface area contributed by atoms with Crippen LogP contribution in [0.1, 0.15) is 37.3 Å². The Bertz CT molecular complexity index is 551. The van der Waals surface area contributed by atoms with E-state index >= 15 is 0 Å². The highest BCUT2D eigenvalue weighted by Crippen LogP contribution is 2.33. The summed E-state index contributed by atoms with van der Waals surface area (Å²) >= 11 is 0. The Morgan fingerprint density at radius 2 is 2.12 bits per heavy atom. The van der Waals surface area contributed by atoms with E-state index in [2.05, 4.69) is 24.6 Å². The van der Waals surface area contributed by atoms with Crippen molar-refractivity contribution in [3.05, 3.63) is 35.3 Å². The molecule has 1 nitrogen and oxygen atoms in total. The monoisotopic (exact) mass is 217 g/mol. The predicted molar refractivity (Wildman–Crippen MR) is 64.3 cm³/mol. The smallest absolute Gasteiger partial charge is 0.124 e. The number of hydrogen-bond donors (Lipinski definition) is 0. The second-order valence-electron chi connectivity index (χ2n) is 5.00. The van der Waals surface area contributed by atoms with Crippen molar-refractivity contribution < 1.29 is 4.39 Å². The van der Waals surface area contributed by atoms with E-state index in [0.717, 1.165) is 24.8 Å². The first-order valence-electron chi connectivity index (χ1n) is 5.98. The van der Waals surface area contributed by atoms with Gasteiger partial charge in [0.15, 0.2) is 0 Å². The van der Waals surface area contributed by atoms with Crippen LogP contribution in [0.4, 0.5) is 4.39 Å². The first-order chi connectivity index (χ1) is 7.66. The van der Waals surface area contributed by atoms with E-state index in [9.17, 15) is 4.39 Å². The average molecular weight is 217 g/mol. The van der Waals surface area contributed by atoms with Gasteiger partial charge in [0.25, 0.3) is 0 Å². The Morgan fingerprint density at radius 1 is 1.31 bits per heavy atom. The molecule has 0 amide bonds. The average Bonchev–Trinajstić information content (AvgIpc) is 2.59.